The summed E-state index contributed by atoms with van der Waals surface area (Å²) in [5.74, 6) is 0. The Morgan fingerprint density at radius 2 is 2.22 bits per heavy atom. The van der Waals surface area contributed by atoms with Gasteiger partial charge < -0.3 is 5.32 Å². The third-order valence-corrected chi connectivity index (χ3v) is 4.76. The number of nitrogens with zero attached hydrogens (tertiary/aromatic N) is 1. The summed E-state index contributed by atoms with van der Waals surface area (Å²) in [6, 6.07) is 5.17. The SMILES string of the molecule is Cc1ccc(CC(C)N2CCCNC(C)(C)C2)s1. The van der Waals surface area contributed by atoms with Crippen molar-refractivity contribution in [3.63, 3.8) is 0 Å². The van der Waals surface area contributed by atoms with Crippen LogP contribution in [0.2, 0.25) is 0 Å². The maximum absolute atomic E-state index is 3.63. The molecule has 0 aromatic carbocycles. The van der Waals surface area contributed by atoms with Crippen molar-refractivity contribution >= 4 is 11.3 Å². The molecule has 2 rings (SSSR count). The van der Waals surface area contributed by atoms with Gasteiger partial charge in [-0.15, -0.1) is 11.3 Å². The van der Waals surface area contributed by atoms with E-state index in [-0.39, 0.29) is 5.54 Å². The summed E-state index contributed by atoms with van der Waals surface area (Å²) >= 11 is 1.94. The Bertz CT molecular complexity index is 384. The van der Waals surface area contributed by atoms with Gasteiger partial charge in [0.2, 0.25) is 0 Å². The van der Waals surface area contributed by atoms with Crippen LogP contribution < -0.4 is 5.32 Å². The van der Waals surface area contributed by atoms with Crippen LogP contribution in [0.5, 0.6) is 0 Å². The summed E-state index contributed by atoms with van der Waals surface area (Å²) in [7, 11) is 0. The second-order valence-electron chi connectivity index (χ2n) is 6.20. The topological polar surface area (TPSA) is 15.3 Å². The van der Waals surface area contributed by atoms with Gasteiger partial charge in [-0.2, -0.15) is 0 Å². The highest BCUT2D eigenvalue weighted by Crippen LogP contribution is 2.20. The molecular weight excluding hydrogens is 240 g/mol. The first kappa shape index (κ1) is 14.0. The maximum atomic E-state index is 3.63. The van der Waals surface area contributed by atoms with Crippen LogP contribution in [0.25, 0.3) is 0 Å². The zero-order valence-corrected chi connectivity index (χ0v) is 12.9. The lowest BCUT2D eigenvalue weighted by Gasteiger charge is -2.34. The van der Waals surface area contributed by atoms with Gasteiger partial charge in [0.05, 0.1) is 0 Å². The van der Waals surface area contributed by atoms with Crippen LogP contribution >= 0.6 is 11.3 Å². The molecule has 2 nitrogen and oxygen atoms in total. The predicted octanol–water partition coefficient (Wildman–Crippen LogP) is 3.06. The average Bonchev–Trinajstić information content (AvgIpc) is 2.58. The van der Waals surface area contributed by atoms with Gasteiger partial charge in [-0.05, 0) is 65.8 Å². The van der Waals surface area contributed by atoms with E-state index in [1.807, 2.05) is 11.3 Å². The summed E-state index contributed by atoms with van der Waals surface area (Å²) in [6.45, 7) is 12.7. The Labute approximate surface area is 115 Å². The molecule has 3 heteroatoms. The minimum Gasteiger partial charge on any atom is -0.310 e. The lowest BCUT2D eigenvalue weighted by atomic mass is 10.0. The van der Waals surface area contributed by atoms with Crippen molar-refractivity contribution in [2.45, 2.75) is 52.1 Å². The predicted molar refractivity (Wildman–Crippen MR) is 80.5 cm³/mol. The number of aryl methyl sites for hydroxylation is 1. The molecule has 1 aromatic heterocycles. The zero-order valence-electron chi connectivity index (χ0n) is 12.1. The van der Waals surface area contributed by atoms with E-state index >= 15 is 0 Å². The van der Waals surface area contributed by atoms with Crippen molar-refractivity contribution in [2.24, 2.45) is 0 Å². The Balaban J connectivity index is 1.97. The molecule has 1 saturated heterocycles. The summed E-state index contributed by atoms with van der Waals surface area (Å²) in [5.41, 5.74) is 0.246. The molecule has 0 saturated carbocycles. The monoisotopic (exact) mass is 266 g/mol. The minimum atomic E-state index is 0.246. The van der Waals surface area contributed by atoms with E-state index in [0.717, 1.165) is 13.1 Å². The molecule has 0 radical (unpaired) electrons. The van der Waals surface area contributed by atoms with Crippen LogP contribution in [0.4, 0.5) is 0 Å². The lowest BCUT2D eigenvalue weighted by Crippen LogP contribution is -2.48. The van der Waals surface area contributed by atoms with Gasteiger partial charge >= 0.3 is 0 Å². The third kappa shape index (κ3) is 3.81. The van der Waals surface area contributed by atoms with E-state index in [4.69, 9.17) is 0 Å². The molecular formula is C15H26N2S. The molecule has 0 bridgehead atoms. The molecule has 1 fully saturated rings. The van der Waals surface area contributed by atoms with E-state index in [0.29, 0.717) is 6.04 Å². The van der Waals surface area contributed by atoms with Crippen molar-refractivity contribution < 1.29 is 0 Å². The highest BCUT2D eigenvalue weighted by Gasteiger charge is 2.26. The highest BCUT2D eigenvalue weighted by molar-refractivity contribution is 7.11. The van der Waals surface area contributed by atoms with Gasteiger partial charge in [-0.3, -0.25) is 4.90 Å². The van der Waals surface area contributed by atoms with Crippen molar-refractivity contribution in [1.82, 2.24) is 10.2 Å². The molecule has 102 valence electrons. The van der Waals surface area contributed by atoms with E-state index < -0.39 is 0 Å². The molecule has 1 aromatic rings. The maximum Gasteiger partial charge on any atom is 0.0252 e. The second-order valence-corrected chi connectivity index (χ2v) is 7.57. The first-order valence-electron chi connectivity index (χ1n) is 7.01. The number of hydrogen-bond donors (Lipinski definition) is 1. The van der Waals surface area contributed by atoms with E-state index in [9.17, 15) is 0 Å². The zero-order chi connectivity index (χ0) is 13.2. The normalized spacial score (nSPS) is 22.7. The molecule has 0 spiro atoms. The van der Waals surface area contributed by atoms with Crippen LogP contribution in [0.3, 0.4) is 0 Å². The molecule has 1 unspecified atom stereocenters. The standard InChI is InChI=1S/C15H26N2S/c1-12(10-14-7-6-13(2)18-14)17-9-5-8-16-15(3,4)11-17/h6-7,12,16H,5,8-11H2,1-4H3. The summed E-state index contributed by atoms with van der Waals surface area (Å²) < 4.78 is 0. The van der Waals surface area contributed by atoms with Crippen molar-refractivity contribution in [1.29, 1.82) is 0 Å². The van der Waals surface area contributed by atoms with Crippen LogP contribution in [0.1, 0.15) is 36.9 Å². The first-order chi connectivity index (χ1) is 8.46. The molecule has 1 aliphatic heterocycles. The van der Waals surface area contributed by atoms with Gasteiger partial charge in [0.1, 0.15) is 0 Å². The van der Waals surface area contributed by atoms with Gasteiger partial charge in [0.15, 0.2) is 0 Å². The third-order valence-electron chi connectivity index (χ3n) is 3.74. The van der Waals surface area contributed by atoms with Gasteiger partial charge in [-0.25, -0.2) is 0 Å². The van der Waals surface area contributed by atoms with Crippen LogP contribution in [0.15, 0.2) is 12.1 Å². The fourth-order valence-corrected chi connectivity index (χ4v) is 3.75. The molecule has 2 heterocycles. The van der Waals surface area contributed by atoms with Gasteiger partial charge in [0.25, 0.3) is 0 Å². The van der Waals surface area contributed by atoms with E-state index in [1.165, 1.54) is 29.1 Å². The quantitative estimate of drug-likeness (QED) is 0.904. The summed E-state index contributed by atoms with van der Waals surface area (Å²) in [6.07, 6.45) is 2.45. The van der Waals surface area contributed by atoms with E-state index in [1.54, 1.807) is 0 Å². The minimum absolute atomic E-state index is 0.246. The molecule has 1 aliphatic rings. The van der Waals surface area contributed by atoms with E-state index in [2.05, 4.69) is 50.0 Å². The number of rotatable bonds is 3. The lowest BCUT2D eigenvalue weighted by molar-refractivity contribution is 0.179. The van der Waals surface area contributed by atoms with Crippen LogP contribution in [-0.4, -0.2) is 36.1 Å². The fraction of sp³-hybridized carbons (Fsp3) is 0.733. The van der Waals surface area contributed by atoms with Crippen molar-refractivity contribution in [3.05, 3.63) is 21.9 Å². The average molecular weight is 266 g/mol. The Kier molecular flexibility index (Phi) is 4.46. The van der Waals surface area contributed by atoms with Crippen LogP contribution in [0, 0.1) is 6.92 Å². The molecule has 1 N–H and O–H groups in total. The van der Waals surface area contributed by atoms with Crippen molar-refractivity contribution in [3.8, 4) is 0 Å². The Hall–Kier alpha value is -0.380. The van der Waals surface area contributed by atoms with Crippen LogP contribution in [-0.2, 0) is 6.42 Å². The Morgan fingerprint density at radius 3 is 2.89 bits per heavy atom. The fourth-order valence-electron chi connectivity index (χ4n) is 2.74. The summed E-state index contributed by atoms with van der Waals surface area (Å²) in [4.78, 5) is 5.60. The molecule has 1 atom stereocenters. The second kappa shape index (κ2) is 5.72. The highest BCUT2D eigenvalue weighted by atomic mass is 32.1. The van der Waals surface area contributed by atoms with Gasteiger partial charge in [-0.1, -0.05) is 0 Å². The van der Waals surface area contributed by atoms with Crippen molar-refractivity contribution in [2.75, 3.05) is 19.6 Å². The largest absolute Gasteiger partial charge is 0.310 e. The molecule has 0 amide bonds. The first-order valence-corrected chi connectivity index (χ1v) is 7.82. The smallest absolute Gasteiger partial charge is 0.0252 e. The number of nitrogens with one attached hydrogen (secondary N) is 1. The number of thiophene rings is 1. The molecule has 0 aliphatic carbocycles. The Morgan fingerprint density at radius 1 is 1.44 bits per heavy atom. The summed E-state index contributed by atoms with van der Waals surface area (Å²) in [5, 5.41) is 3.63. The molecule has 18 heavy (non-hydrogen) atoms. The number of hydrogen-bond acceptors (Lipinski definition) is 3. The van der Waals surface area contributed by atoms with Gasteiger partial charge in [0, 0.05) is 27.9 Å².